The summed E-state index contributed by atoms with van der Waals surface area (Å²) in [6.45, 7) is 2.49. The highest BCUT2D eigenvalue weighted by Crippen LogP contribution is 2.34. The van der Waals surface area contributed by atoms with Crippen LogP contribution in [0.1, 0.15) is 25.3 Å². The molecule has 0 unspecified atom stereocenters. The third-order valence-electron chi connectivity index (χ3n) is 4.42. The number of carbonyl (C=O) groups excluding carboxylic acids is 1. The maximum absolute atomic E-state index is 13.1. The molecule has 0 bridgehead atoms. The van der Waals surface area contributed by atoms with E-state index in [1.54, 1.807) is 4.90 Å². The molecule has 0 saturated carbocycles. The van der Waals surface area contributed by atoms with E-state index in [2.05, 4.69) is 4.72 Å². The van der Waals surface area contributed by atoms with E-state index >= 15 is 0 Å². The number of alkyl halides is 3. The third-order valence-corrected chi connectivity index (χ3v) is 6.02. The van der Waals surface area contributed by atoms with Crippen LogP contribution in [-0.2, 0) is 21.0 Å². The summed E-state index contributed by atoms with van der Waals surface area (Å²) in [6.07, 6.45) is -3.20. The predicted molar refractivity (Wildman–Crippen MR) is 94.5 cm³/mol. The van der Waals surface area contributed by atoms with Crippen LogP contribution in [0.3, 0.4) is 0 Å². The number of halogens is 3. The standard InChI is InChI=1S/C17H24F3N3O3S/c1-12(16(24)23-10-6-7-13(23)11-22(2)3)21-27(25,26)15-9-5-4-8-14(15)17(18,19)20/h4-5,8-9,12-13,21H,6-7,10-11H2,1-3H3/t12-,13-/m0/s1. The number of amides is 1. The predicted octanol–water partition coefficient (Wildman–Crippen LogP) is 1.92. The molecule has 0 aliphatic carbocycles. The molecule has 1 fully saturated rings. The lowest BCUT2D eigenvalue weighted by Gasteiger charge is -2.29. The van der Waals surface area contributed by atoms with Crippen molar-refractivity contribution in [1.82, 2.24) is 14.5 Å². The van der Waals surface area contributed by atoms with Crippen LogP contribution in [0.4, 0.5) is 13.2 Å². The molecule has 0 radical (unpaired) electrons. The van der Waals surface area contributed by atoms with Gasteiger partial charge >= 0.3 is 6.18 Å². The van der Waals surface area contributed by atoms with Gasteiger partial charge in [-0.25, -0.2) is 8.42 Å². The molecule has 2 rings (SSSR count). The molecular formula is C17H24F3N3O3S. The first-order chi connectivity index (χ1) is 12.4. The van der Waals surface area contributed by atoms with Crippen molar-refractivity contribution in [3.05, 3.63) is 29.8 Å². The molecule has 1 aliphatic rings. The van der Waals surface area contributed by atoms with Gasteiger partial charge in [0.25, 0.3) is 0 Å². The maximum atomic E-state index is 13.1. The van der Waals surface area contributed by atoms with Gasteiger partial charge in [0.1, 0.15) is 0 Å². The number of likely N-dealkylation sites (N-methyl/N-ethyl adjacent to an activating group) is 1. The van der Waals surface area contributed by atoms with Crippen LogP contribution < -0.4 is 4.72 Å². The van der Waals surface area contributed by atoms with Gasteiger partial charge in [-0.05, 0) is 46.0 Å². The highest BCUT2D eigenvalue weighted by atomic mass is 32.2. The van der Waals surface area contributed by atoms with Gasteiger partial charge in [-0.1, -0.05) is 12.1 Å². The van der Waals surface area contributed by atoms with Crippen molar-refractivity contribution in [2.75, 3.05) is 27.2 Å². The number of nitrogens with zero attached hydrogens (tertiary/aromatic N) is 2. The molecule has 0 spiro atoms. The fraction of sp³-hybridized carbons (Fsp3) is 0.588. The highest BCUT2D eigenvalue weighted by molar-refractivity contribution is 7.89. The van der Waals surface area contributed by atoms with Crippen LogP contribution in [0, 0.1) is 0 Å². The van der Waals surface area contributed by atoms with Crippen molar-refractivity contribution < 1.29 is 26.4 Å². The molecule has 0 aromatic heterocycles. The molecule has 27 heavy (non-hydrogen) atoms. The monoisotopic (exact) mass is 407 g/mol. The van der Waals surface area contributed by atoms with Crippen LogP contribution in [0.5, 0.6) is 0 Å². The van der Waals surface area contributed by atoms with Crippen LogP contribution in [0.2, 0.25) is 0 Å². The molecule has 1 N–H and O–H groups in total. The number of hydrogen-bond acceptors (Lipinski definition) is 4. The molecule has 1 aliphatic heterocycles. The molecule has 1 saturated heterocycles. The molecule has 1 aromatic carbocycles. The van der Waals surface area contributed by atoms with Crippen LogP contribution in [-0.4, -0.2) is 63.4 Å². The van der Waals surface area contributed by atoms with Crippen molar-refractivity contribution in [1.29, 1.82) is 0 Å². The van der Waals surface area contributed by atoms with E-state index in [-0.39, 0.29) is 6.04 Å². The normalized spacial score (nSPS) is 19.5. The molecule has 152 valence electrons. The largest absolute Gasteiger partial charge is 0.417 e. The average Bonchev–Trinajstić information content (AvgIpc) is 3.00. The summed E-state index contributed by atoms with van der Waals surface area (Å²) in [5, 5.41) is 0. The summed E-state index contributed by atoms with van der Waals surface area (Å²) < 4.78 is 66.5. The maximum Gasteiger partial charge on any atom is 0.417 e. The summed E-state index contributed by atoms with van der Waals surface area (Å²) in [4.78, 5) is 15.3. The zero-order valence-corrected chi connectivity index (χ0v) is 16.3. The van der Waals surface area contributed by atoms with Gasteiger partial charge in [0.05, 0.1) is 16.5 Å². The Hall–Kier alpha value is -1.65. The smallest absolute Gasteiger partial charge is 0.337 e. The van der Waals surface area contributed by atoms with Gasteiger partial charge in [-0.3, -0.25) is 4.79 Å². The second-order valence-corrected chi connectivity index (χ2v) is 8.61. The van der Waals surface area contributed by atoms with Crippen molar-refractivity contribution in [3.63, 3.8) is 0 Å². The Morgan fingerprint density at radius 1 is 1.33 bits per heavy atom. The number of benzene rings is 1. The van der Waals surface area contributed by atoms with Crippen LogP contribution >= 0.6 is 0 Å². The van der Waals surface area contributed by atoms with Gasteiger partial charge in [0, 0.05) is 19.1 Å². The first kappa shape index (κ1) is 21.6. The number of nitrogens with one attached hydrogen (secondary N) is 1. The first-order valence-corrected chi connectivity index (χ1v) is 10.1. The van der Waals surface area contributed by atoms with E-state index in [9.17, 15) is 26.4 Å². The summed E-state index contributed by atoms with van der Waals surface area (Å²) >= 11 is 0. The lowest BCUT2D eigenvalue weighted by Crippen LogP contribution is -2.50. The number of likely N-dealkylation sites (tertiary alicyclic amines) is 1. The average molecular weight is 407 g/mol. The van der Waals surface area contributed by atoms with Crippen molar-refractivity contribution in [3.8, 4) is 0 Å². The number of carbonyl (C=O) groups is 1. The molecule has 1 heterocycles. The van der Waals surface area contributed by atoms with Gasteiger partial charge in [-0.15, -0.1) is 0 Å². The molecule has 6 nitrogen and oxygen atoms in total. The summed E-state index contributed by atoms with van der Waals surface area (Å²) in [5.74, 6) is -0.438. The Kier molecular flexibility index (Phi) is 6.54. The second kappa shape index (κ2) is 8.15. The van der Waals surface area contributed by atoms with E-state index in [0.717, 1.165) is 25.0 Å². The van der Waals surface area contributed by atoms with Crippen molar-refractivity contribution in [2.24, 2.45) is 0 Å². The van der Waals surface area contributed by atoms with Crippen LogP contribution in [0.15, 0.2) is 29.2 Å². The van der Waals surface area contributed by atoms with Gasteiger partial charge in [0.2, 0.25) is 15.9 Å². The fourth-order valence-corrected chi connectivity index (χ4v) is 4.69. The third kappa shape index (κ3) is 5.20. The van der Waals surface area contributed by atoms with E-state index in [1.807, 2.05) is 19.0 Å². The summed E-state index contributed by atoms with van der Waals surface area (Å²) in [6, 6.07) is 2.71. The number of hydrogen-bond donors (Lipinski definition) is 1. The van der Waals surface area contributed by atoms with Gasteiger partial charge in [0.15, 0.2) is 0 Å². The Morgan fingerprint density at radius 2 is 1.96 bits per heavy atom. The molecule has 2 atom stereocenters. The number of sulfonamides is 1. The molecular weight excluding hydrogens is 383 g/mol. The SMILES string of the molecule is C[C@H](NS(=O)(=O)c1ccccc1C(F)(F)F)C(=O)N1CCC[C@H]1CN(C)C. The van der Waals surface area contributed by atoms with E-state index < -0.39 is 38.6 Å². The molecule has 10 heteroatoms. The van der Waals surface area contributed by atoms with Crippen molar-refractivity contribution >= 4 is 15.9 Å². The van der Waals surface area contributed by atoms with Crippen LogP contribution in [0.25, 0.3) is 0 Å². The van der Waals surface area contributed by atoms with Crippen molar-refractivity contribution in [2.45, 2.75) is 42.9 Å². The zero-order chi connectivity index (χ0) is 20.4. The minimum absolute atomic E-state index is 0.0399. The minimum atomic E-state index is -4.82. The quantitative estimate of drug-likeness (QED) is 0.782. The molecule has 1 aromatic rings. The number of rotatable bonds is 6. The Bertz CT molecular complexity index is 781. The second-order valence-electron chi connectivity index (χ2n) is 6.93. The summed E-state index contributed by atoms with van der Waals surface area (Å²) in [5.41, 5.74) is -1.26. The first-order valence-electron chi connectivity index (χ1n) is 8.57. The highest BCUT2D eigenvalue weighted by Gasteiger charge is 2.38. The topological polar surface area (TPSA) is 69.7 Å². The van der Waals surface area contributed by atoms with E-state index in [4.69, 9.17) is 0 Å². The fourth-order valence-electron chi connectivity index (χ4n) is 3.27. The van der Waals surface area contributed by atoms with E-state index in [1.165, 1.54) is 13.0 Å². The zero-order valence-electron chi connectivity index (χ0n) is 15.5. The van der Waals surface area contributed by atoms with E-state index in [0.29, 0.717) is 19.2 Å². The lowest BCUT2D eigenvalue weighted by atomic mass is 10.2. The van der Waals surface area contributed by atoms with Gasteiger partial charge in [-0.2, -0.15) is 17.9 Å². The Labute approximate surface area is 157 Å². The molecule has 1 amide bonds. The summed E-state index contributed by atoms with van der Waals surface area (Å²) in [7, 11) is -0.764. The minimum Gasteiger partial charge on any atom is -0.337 e. The lowest BCUT2D eigenvalue weighted by molar-refractivity contribution is -0.139. The Balaban J connectivity index is 2.20. The Morgan fingerprint density at radius 3 is 2.56 bits per heavy atom. The van der Waals surface area contributed by atoms with Gasteiger partial charge < -0.3 is 9.80 Å².